The monoisotopic (exact) mass is 325 g/mol. The van der Waals surface area contributed by atoms with Crippen LogP contribution in [-0.4, -0.2) is 52.2 Å². The van der Waals surface area contributed by atoms with E-state index in [0.717, 1.165) is 0 Å². The van der Waals surface area contributed by atoms with Crippen LogP contribution < -0.4 is 0 Å². The summed E-state index contributed by atoms with van der Waals surface area (Å²) in [5, 5.41) is 0. The number of hydrogen-bond donors (Lipinski definition) is 2. The van der Waals surface area contributed by atoms with Crippen molar-refractivity contribution in [3.05, 3.63) is 0 Å². The Morgan fingerprint density at radius 2 is 1.16 bits per heavy atom. The maximum atomic E-state index is 12.5. The Bertz CT molecular complexity index is 323. The molecule has 0 fully saturated rings. The van der Waals surface area contributed by atoms with E-state index in [-0.39, 0.29) is 0 Å². The lowest BCUT2D eigenvalue weighted by molar-refractivity contribution is -0.161. The Balaban J connectivity index is 5.13. The summed E-state index contributed by atoms with van der Waals surface area (Å²) in [6.07, 6.45) is -8.80. The lowest BCUT2D eigenvalue weighted by atomic mass is 10.3. The molecule has 0 unspecified atom stereocenters. The molecule has 0 atom stereocenters. The van der Waals surface area contributed by atoms with Crippen molar-refractivity contribution in [2.45, 2.75) is 24.7 Å². The van der Waals surface area contributed by atoms with Crippen LogP contribution in [0.2, 0.25) is 0 Å². The van der Waals surface area contributed by atoms with Crippen LogP contribution in [0, 0.1) is 0 Å². The van der Waals surface area contributed by atoms with Crippen LogP contribution in [0.25, 0.3) is 0 Å². The van der Waals surface area contributed by atoms with Gasteiger partial charge in [0.15, 0.2) is 0 Å². The molecule has 4 nitrogen and oxygen atoms in total. The zero-order valence-electron chi connectivity index (χ0n) is 8.79. The van der Waals surface area contributed by atoms with Crippen LogP contribution in [0.4, 0.5) is 35.1 Å². The number of rotatable bonds is 7. The Kier molecular flexibility index (Phi) is 5.76. The minimum atomic E-state index is -5.84. The highest BCUT2D eigenvalue weighted by molar-refractivity contribution is 7.49. The lowest BCUT2D eigenvalue weighted by Gasteiger charge is -2.29. The lowest BCUT2D eigenvalue weighted by Crippen LogP contribution is -2.46. The predicted molar refractivity (Wildman–Crippen MR) is 45.5 cm³/mol. The van der Waals surface area contributed by atoms with Crippen LogP contribution in [0.3, 0.4) is 0 Å². The van der Waals surface area contributed by atoms with Crippen molar-refractivity contribution in [2.24, 2.45) is 0 Å². The molecule has 0 bridgehead atoms. The van der Waals surface area contributed by atoms with E-state index in [1.165, 1.54) is 0 Å². The first kappa shape index (κ1) is 18.6. The standard InChI is InChI=1S/C6H8F8NO3P/c7-3(8)5(11,12)1-15(19(16,17)18)2-6(13,14)4(9)10/h3-4H,1-2H2,(H2,16,17,18). The molecule has 0 aliphatic carbocycles. The van der Waals surface area contributed by atoms with Crippen LogP contribution >= 0.6 is 7.75 Å². The number of alkyl halides is 8. The van der Waals surface area contributed by atoms with Gasteiger partial charge in [-0.15, -0.1) is 0 Å². The van der Waals surface area contributed by atoms with Crippen molar-refractivity contribution in [3.63, 3.8) is 0 Å². The van der Waals surface area contributed by atoms with Crippen molar-refractivity contribution in [3.8, 4) is 0 Å². The molecule has 0 aliphatic heterocycles. The largest absolute Gasteiger partial charge is 0.403 e. The van der Waals surface area contributed by atoms with Gasteiger partial charge < -0.3 is 9.79 Å². The fraction of sp³-hybridized carbons (Fsp3) is 1.00. The Morgan fingerprint density at radius 1 is 0.895 bits per heavy atom. The van der Waals surface area contributed by atoms with Gasteiger partial charge in [0, 0.05) is 0 Å². The van der Waals surface area contributed by atoms with Gasteiger partial charge in [-0.3, -0.25) is 0 Å². The summed E-state index contributed by atoms with van der Waals surface area (Å²) >= 11 is 0. The van der Waals surface area contributed by atoms with Gasteiger partial charge in [-0.2, -0.15) is 22.2 Å². The first-order valence-electron chi connectivity index (χ1n) is 4.33. The van der Waals surface area contributed by atoms with E-state index in [4.69, 9.17) is 9.79 Å². The molecule has 13 heteroatoms. The third-order valence-electron chi connectivity index (χ3n) is 1.79. The second-order valence-corrected chi connectivity index (χ2v) is 5.05. The van der Waals surface area contributed by atoms with Crippen LogP contribution in [0.5, 0.6) is 0 Å². The van der Waals surface area contributed by atoms with Gasteiger partial charge in [-0.05, 0) is 0 Å². The normalized spacial score (nSPS) is 14.8. The topological polar surface area (TPSA) is 60.8 Å². The van der Waals surface area contributed by atoms with Crippen molar-refractivity contribution < 1.29 is 49.5 Å². The van der Waals surface area contributed by atoms with Crippen molar-refractivity contribution in [2.75, 3.05) is 13.1 Å². The number of hydrogen-bond acceptors (Lipinski definition) is 1. The van der Waals surface area contributed by atoms with Crippen LogP contribution in [-0.2, 0) is 4.57 Å². The summed E-state index contributed by atoms with van der Waals surface area (Å²) in [6, 6.07) is 0. The fourth-order valence-electron chi connectivity index (χ4n) is 0.865. The molecule has 19 heavy (non-hydrogen) atoms. The third-order valence-corrected chi connectivity index (χ3v) is 2.81. The van der Waals surface area contributed by atoms with E-state index in [0.29, 0.717) is 0 Å². The number of halogens is 8. The first-order valence-corrected chi connectivity index (χ1v) is 5.89. The van der Waals surface area contributed by atoms with Crippen molar-refractivity contribution in [1.82, 2.24) is 4.67 Å². The van der Waals surface area contributed by atoms with Crippen LogP contribution in [0.1, 0.15) is 0 Å². The van der Waals surface area contributed by atoms with Crippen molar-refractivity contribution in [1.29, 1.82) is 0 Å². The molecule has 0 amide bonds. The SMILES string of the molecule is O=P(O)(O)N(CC(F)(F)C(F)F)CC(F)(F)C(F)F. The molecule has 0 saturated carbocycles. The summed E-state index contributed by atoms with van der Waals surface area (Å²) in [5.41, 5.74) is 0. The van der Waals surface area contributed by atoms with E-state index in [1.54, 1.807) is 0 Å². The summed E-state index contributed by atoms with van der Waals surface area (Å²) in [4.78, 5) is 16.9. The zero-order valence-corrected chi connectivity index (χ0v) is 9.68. The molecule has 0 aromatic rings. The highest BCUT2D eigenvalue weighted by atomic mass is 31.2. The summed E-state index contributed by atoms with van der Waals surface area (Å²) in [7, 11) is -5.84. The smallest absolute Gasteiger partial charge is 0.312 e. The molecule has 0 radical (unpaired) electrons. The van der Waals surface area contributed by atoms with E-state index >= 15 is 0 Å². The quantitative estimate of drug-likeness (QED) is 0.556. The van der Waals surface area contributed by atoms with E-state index in [1.807, 2.05) is 0 Å². The molecular weight excluding hydrogens is 317 g/mol. The van der Waals surface area contributed by atoms with E-state index in [9.17, 15) is 39.7 Å². The minimum absolute atomic E-state index is 1.11. The summed E-state index contributed by atoms with van der Waals surface area (Å²) < 4.78 is 107. The first-order chi connectivity index (χ1) is 8.20. The number of nitrogens with zero attached hydrogens (tertiary/aromatic N) is 1. The van der Waals surface area contributed by atoms with Gasteiger partial charge in [0.2, 0.25) is 0 Å². The third kappa shape index (κ3) is 5.59. The Hall–Kier alpha value is -0.450. The Morgan fingerprint density at radius 3 is 1.32 bits per heavy atom. The van der Waals surface area contributed by atoms with Crippen LogP contribution in [0.15, 0.2) is 0 Å². The molecule has 0 aromatic heterocycles. The molecule has 0 aliphatic rings. The molecular formula is C6H8F8NO3P. The van der Waals surface area contributed by atoms with E-state index < -0.39 is 50.2 Å². The van der Waals surface area contributed by atoms with Crippen molar-refractivity contribution >= 4 is 7.75 Å². The zero-order chi connectivity index (χ0) is 15.6. The second kappa shape index (κ2) is 5.90. The maximum absolute atomic E-state index is 12.5. The average Bonchev–Trinajstić information content (AvgIpc) is 2.13. The summed E-state index contributed by atoms with van der Waals surface area (Å²) in [6.45, 7) is -4.98. The van der Waals surface area contributed by atoms with Gasteiger partial charge in [0.25, 0.3) is 0 Å². The average molecular weight is 325 g/mol. The van der Waals surface area contributed by atoms with Gasteiger partial charge in [-0.25, -0.2) is 22.1 Å². The van der Waals surface area contributed by atoms with Gasteiger partial charge in [-0.1, -0.05) is 0 Å². The van der Waals surface area contributed by atoms with Gasteiger partial charge >= 0.3 is 32.4 Å². The van der Waals surface area contributed by atoms with E-state index in [2.05, 4.69) is 0 Å². The molecule has 0 aromatic carbocycles. The Labute approximate surface area is 101 Å². The minimum Gasteiger partial charge on any atom is -0.312 e. The molecule has 0 saturated heterocycles. The highest BCUT2D eigenvalue weighted by Gasteiger charge is 2.51. The highest BCUT2D eigenvalue weighted by Crippen LogP contribution is 2.44. The molecule has 116 valence electrons. The second-order valence-electron chi connectivity index (χ2n) is 3.46. The molecule has 0 rings (SSSR count). The van der Waals surface area contributed by atoms with Gasteiger partial charge in [0.05, 0.1) is 13.1 Å². The fourth-order valence-corrected chi connectivity index (χ4v) is 1.61. The predicted octanol–water partition coefficient (Wildman–Crippen LogP) is 2.18. The molecule has 0 heterocycles. The molecule has 0 spiro atoms. The summed E-state index contributed by atoms with van der Waals surface area (Å²) in [5.74, 6) is -10.1. The maximum Gasteiger partial charge on any atom is 0.403 e. The molecule has 2 N–H and O–H groups in total. The van der Waals surface area contributed by atoms with Gasteiger partial charge in [0.1, 0.15) is 0 Å².